The Morgan fingerprint density at radius 1 is 1.12 bits per heavy atom. The molecule has 5 nitrogen and oxygen atoms in total. The lowest BCUT2D eigenvalue weighted by Gasteiger charge is -2.13. The number of carbonyl (C=O) groups excluding carboxylic acids is 2. The van der Waals surface area contributed by atoms with E-state index in [-0.39, 0.29) is 5.91 Å². The van der Waals surface area contributed by atoms with E-state index < -0.39 is 12.1 Å². The van der Waals surface area contributed by atoms with Gasteiger partial charge in [-0.05, 0) is 37.1 Å². The van der Waals surface area contributed by atoms with Crippen molar-refractivity contribution in [2.24, 2.45) is 0 Å². The van der Waals surface area contributed by atoms with E-state index in [1.807, 2.05) is 48.5 Å². The summed E-state index contributed by atoms with van der Waals surface area (Å²) in [5.41, 5.74) is 3.14. The molecule has 0 fully saturated rings. The number of nitrogens with one attached hydrogen (secondary N) is 2. The highest BCUT2D eigenvalue weighted by atomic mass is 16.5. The maximum absolute atomic E-state index is 12.3. The molecule has 128 valence electrons. The molecule has 1 atom stereocenters. The fourth-order valence-corrected chi connectivity index (χ4v) is 2.59. The van der Waals surface area contributed by atoms with Crippen molar-refractivity contribution in [1.82, 2.24) is 4.98 Å². The van der Waals surface area contributed by atoms with Crippen LogP contribution in [0.15, 0.2) is 54.7 Å². The molecular weight excluding hydrogens is 316 g/mol. The molecule has 2 N–H and O–H groups in total. The van der Waals surface area contributed by atoms with Crippen LogP contribution in [0.5, 0.6) is 0 Å². The molecular formula is C20H20N2O3. The molecule has 0 aliphatic carbocycles. The standard InChI is InChI=1S/C20H20N2O3/c1-3-14-8-10-15(11-9-14)22-19(23)13(2)25-20(24)17-12-21-18-7-5-4-6-16(17)18/h4-13,21H,3H2,1-2H3,(H,22,23)/t13-/m1/s1. The van der Waals surface area contributed by atoms with Crippen molar-refractivity contribution in [1.29, 1.82) is 0 Å². The van der Waals surface area contributed by atoms with Crippen molar-refractivity contribution in [2.75, 3.05) is 5.32 Å². The van der Waals surface area contributed by atoms with Gasteiger partial charge in [0.2, 0.25) is 0 Å². The van der Waals surface area contributed by atoms with Gasteiger partial charge in [-0.3, -0.25) is 4.79 Å². The fourth-order valence-electron chi connectivity index (χ4n) is 2.59. The number of aromatic amines is 1. The predicted molar refractivity (Wildman–Crippen MR) is 97.6 cm³/mol. The summed E-state index contributed by atoms with van der Waals surface area (Å²) in [6, 6.07) is 15.0. The van der Waals surface area contributed by atoms with Gasteiger partial charge in [-0.1, -0.05) is 37.3 Å². The van der Waals surface area contributed by atoms with E-state index in [9.17, 15) is 9.59 Å². The smallest absolute Gasteiger partial charge is 0.341 e. The monoisotopic (exact) mass is 336 g/mol. The molecule has 0 spiro atoms. The van der Waals surface area contributed by atoms with Crippen LogP contribution in [0.1, 0.15) is 29.8 Å². The molecule has 0 aliphatic heterocycles. The highest BCUT2D eigenvalue weighted by Gasteiger charge is 2.21. The number of H-pyrrole nitrogens is 1. The maximum Gasteiger partial charge on any atom is 0.341 e. The summed E-state index contributed by atoms with van der Waals surface area (Å²) in [5.74, 6) is -0.890. The van der Waals surface area contributed by atoms with Crippen LogP contribution >= 0.6 is 0 Å². The lowest BCUT2D eigenvalue weighted by atomic mass is 10.1. The van der Waals surface area contributed by atoms with Gasteiger partial charge in [-0.25, -0.2) is 4.79 Å². The molecule has 0 unspecified atom stereocenters. The van der Waals surface area contributed by atoms with Crippen LogP contribution in [0, 0.1) is 0 Å². The topological polar surface area (TPSA) is 71.2 Å². The number of ether oxygens (including phenoxy) is 1. The number of esters is 1. The Morgan fingerprint density at radius 3 is 2.56 bits per heavy atom. The van der Waals surface area contributed by atoms with Crippen LogP contribution < -0.4 is 5.32 Å². The minimum atomic E-state index is -0.896. The maximum atomic E-state index is 12.3. The number of aryl methyl sites for hydroxylation is 1. The Bertz CT molecular complexity index is 897. The normalized spacial score (nSPS) is 11.9. The molecule has 3 rings (SSSR count). The van der Waals surface area contributed by atoms with Gasteiger partial charge in [-0.2, -0.15) is 0 Å². The van der Waals surface area contributed by atoms with Crippen LogP contribution in [0.3, 0.4) is 0 Å². The predicted octanol–water partition coefficient (Wildman–Crippen LogP) is 3.91. The molecule has 1 amide bonds. The lowest BCUT2D eigenvalue weighted by molar-refractivity contribution is -0.123. The minimum absolute atomic E-state index is 0.363. The summed E-state index contributed by atoms with van der Waals surface area (Å²) in [6.45, 7) is 3.63. The number of anilines is 1. The zero-order chi connectivity index (χ0) is 17.8. The summed E-state index contributed by atoms with van der Waals surface area (Å²) >= 11 is 0. The third-order valence-electron chi connectivity index (χ3n) is 4.09. The SMILES string of the molecule is CCc1ccc(NC(=O)[C@@H](C)OC(=O)c2c[nH]c3ccccc23)cc1. The Kier molecular flexibility index (Phi) is 4.84. The van der Waals surface area contributed by atoms with Crippen molar-refractivity contribution in [2.45, 2.75) is 26.4 Å². The summed E-state index contributed by atoms with van der Waals surface area (Å²) in [4.78, 5) is 27.6. The van der Waals surface area contributed by atoms with E-state index in [2.05, 4.69) is 17.2 Å². The number of fused-ring (bicyclic) bond motifs is 1. The number of carbonyl (C=O) groups is 2. The van der Waals surface area contributed by atoms with Crippen molar-refractivity contribution in [3.05, 3.63) is 65.9 Å². The van der Waals surface area contributed by atoms with E-state index in [4.69, 9.17) is 4.74 Å². The molecule has 0 saturated heterocycles. The molecule has 2 aromatic carbocycles. The number of amides is 1. The largest absolute Gasteiger partial charge is 0.449 e. The molecule has 5 heteroatoms. The van der Waals surface area contributed by atoms with Gasteiger partial charge in [0.1, 0.15) is 0 Å². The Hall–Kier alpha value is -3.08. The molecule has 0 radical (unpaired) electrons. The second kappa shape index (κ2) is 7.21. The molecule has 1 heterocycles. The summed E-state index contributed by atoms with van der Waals surface area (Å²) in [5, 5.41) is 3.53. The van der Waals surface area contributed by atoms with Crippen LogP contribution in [0.25, 0.3) is 10.9 Å². The minimum Gasteiger partial charge on any atom is -0.449 e. The summed E-state index contributed by atoms with van der Waals surface area (Å²) in [6.07, 6.45) is 1.64. The van der Waals surface area contributed by atoms with Gasteiger partial charge in [0, 0.05) is 22.8 Å². The van der Waals surface area contributed by atoms with Crippen LogP contribution in [-0.2, 0) is 16.0 Å². The zero-order valence-corrected chi connectivity index (χ0v) is 14.2. The average Bonchev–Trinajstić information content (AvgIpc) is 3.06. The number of rotatable bonds is 5. The number of hydrogen-bond acceptors (Lipinski definition) is 3. The molecule has 0 bridgehead atoms. The summed E-state index contributed by atoms with van der Waals surface area (Å²) < 4.78 is 5.31. The van der Waals surface area contributed by atoms with Gasteiger partial charge in [0.05, 0.1) is 5.56 Å². The number of benzene rings is 2. The molecule has 1 aromatic heterocycles. The van der Waals surface area contributed by atoms with E-state index in [0.717, 1.165) is 17.3 Å². The van der Waals surface area contributed by atoms with Gasteiger partial charge in [-0.15, -0.1) is 0 Å². The second-order valence-electron chi connectivity index (χ2n) is 5.84. The fraction of sp³-hybridized carbons (Fsp3) is 0.200. The van der Waals surface area contributed by atoms with Gasteiger partial charge >= 0.3 is 5.97 Å². The lowest BCUT2D eigenvalue weighted by Crippen LogP contribution is -2.29. The molecule has 0 saturated carbocycles. The van der Waals surface area contributed by atoms with Crippen LogP contribution in [-0.4, -0.2) is 23.0 Å². The van der Waals surface area contributed by atoms with E-state index in [1.54, 1.807) is 13.1 Å². The second-order valence-corrected chi connectivity index (χ2v) is 5.84. The first-order chi connectivity index (χ1) is 12.1. The highest BCUT2D eigenvalue weighted by Crippen LogP contribution is 2.19. The van der Waals surface area contributed by atoms with Crippen molar-refractivity contribution >= 4 is 28.5 Å². The van der Waals surface area contributed by atoms with Crippen molar-refractivity contribution < 1.29 is 14.3 Å². The zero-order valence-electron chi connectivity index (χ0n) is 14.2. The molecule has 25 heavy (non-hydrogen) atoms. The van der Waals surface area contributed by atoms with Gasteiger partial charge in [0.25, 0.3) is 5.91 Å². The van der Waals surface area contributed by atoms with E-state index in [0.29, 0.717) is 11.3 Å². The van der Waals surface area contributed by atoms with Crippen LogP contribution in [0.2, 0.25) is 0 Å². The summed E-state index contributed by atoms with van der Waals surface area (Å²) in [7, 11) is 0. The number of hydrogen-bond donors (Lipinski definition) is 2. The number of aromatic nitrogens is 1. The van der Waals surface area contributed by atoms with E-state index >= 15 is 0 Å². The van der Waals surface area contributed by atoms with Gasteiger partial charge in [0.15, 0.2) is 6.10 Å². The molecule has 3 aromatic rings. The Morgan fingerprint density at radius 2 is 1.84 bits per heavy atom. The molecule has 0 aliphatic rings. The van der Waals surface area contributed by atoms with Crippen LogP contribution in [0.4, 0.5) is 5.69 Å². The van der Waals surface area contributed by atoms with Crippen molar-refractivity contribution in [3.8, 4) is 0 Å². The Balaban J connectivity index is 1.65. The quantitative estimate of drug-likeness (QED) is 0.694. The number of para-hydroxylation sites is 1. The first-order valence-electron chi connectivity index (χ1n) is 8.25. The average molecular weight is 336 g/mol. The first kappa shape index (κ1) is 16.8. The van der Waals surface area contributed by atoms with Crippen molar-refractivity contribution in [3.63, 3.8) is 0 Å². The van der Waals surface area contributed by atoms with E-state index in [1.165, 1.54) is 5.56 Å². The third kappa shape index (κ3) is 3.71. The highest BCUT2D eigenvalue weighted by molar-refractivity contribution is 6.05. The van der Waals surface area contributed by atoms with Gasteiger partial charge < -0.3 is 15.0 Å². The first-order valence-corrected chi connectivity index (χ1v) is 8.25. The Labute approximate surface area is 146 Å². The third-order valence-corrected chi connectivity index (χ3v) is 4.09.